The van der Waals surface area contributed by atoms with Gasteiger partial charge in [-0.05, 0) is 51.5 Å². The molecule has 0 saturated heterocycles. The van der Waals surface area contributed by atoms with Crippen LogP contribution in [0.3, 0.4) is 0 Å². The predicted octanol–water partition coefficient (Wildman–Crippen LogP) is 2.90. The molecule has 1 rings (SSSR count). The van der Waals surface area contributed by atoms with Crippen LogP contribution in [0.5, 0.6) is 0 Å². The summed E-state index contributed by atoms with van der Waals surface area (Å²) in [7, 11) is 0. The summed E-state index contributed by atoms with van der Waals surface area (Å²) < 4.78 is 0. The van der Waals surface area contributed by atoms with Gasteiger partial charge in [0, 0.05) is 11.2 Å². The van der Waals surface area contributed by atoms with Gasteiger partial charge in [-0.15, -0.1) is 0 Å². The van der Waals surface area contributed by atoms with E-state index in [0.717, 1.165) is 11.3 Å². The van der Waals surface area contributed by atoms with Crippen LogP contribution in [0, 0.1) is 6.92 Å². The van der Waals surface area contributed by atoms with E-state index in [1.165, 1.54) is 0 Å². The molecule has 0 saturated carbocycles. The van der Waals surface area contributed by atoms with E-state index in [0.29, 0.717) is 5.56 Å². The number of anilines is 1. The lowest BCUT2D eigenvalue weighted by Gasteiger charge is -2.23. The summed E-state index contributed by atoms with van der Waals surface area (Å²) in [6, 6.07) is 5.10. The second-order valence-corrected chi connectivity index (χ2v) is 4.71. The van der Waals surface area contributed by atoms with Crippen molar-refractivity contribution in [1.82, 2.24) is 0 Å². The topological polar surface area (TPSA) is 49.3 Å². The third-order valence-electron chi connectivity index (χ3n) is 1.98. The largest absolute Gasteiger partial charge is 0.478 e. The summed E-state index contributed by atoms with van der Waals surface area (Å²) in [6.07, 6.45) is 0. The molecule has 82 valence electrons. The van der Waals surface area contributed by atoms with Crippen molar-refractivity contribution in [2.45, 2.75) is 33.2 Å². The molecule has 0 spiro atoms. The zero-order chi connectivity index (χ0) is 11.6. The Bertz CT molecular complexity index is 378. The van der Waals surface area contributed by atoms with Gasteiger partial charge in [0.25, 0.3) is 0 Å². The van der Waals surface area contributed by atoms with Crippen LogP contribution in [0.1, 0.15) is 36.7 Å². The van der Waals surface area contributed by atoms with Crippen LogP contribution in [-0.2, 0) is 0 Å². The fourth-order valence-electron chi connectivity index (χ4n) is 1.34. The van der Waals surface area contributed by atoms with E-state index in [4.69, 9.17) is 5.11 Å². The maximum atomic E-state index is 10.7. The molecule has 0 amide bonds. The first-order valence-corrected chi connectivity index (χ1v) is 4.92. The van der Waals surface area contributed by atoms with Crippen molar-refractivity contribution in [2.75, 3.05) is 5.32 Å². The second-order valence-electron chi connectivity index (χ2n) is 4.71. The average Bonchev–Trinajstić information content (AvgIpc) is 2.05. The van der Waals surface area contributed by atoms with Gasteiger partial charge in [0.05, 0.1) is 5.56 Å². The fourth-order valence-corrected chi connectivity index (χ4v) is 1.34. The molecule has 2 N–H and O–H groups in total. The van der Waals surface area contributed by atoms with Crippen LogP contribution in [0.4, 0.5) is 5.69 Å². The zero-order valence-electron chi connectivity index (χ0n) is 9.59. The van der Waals surface area contributed by atoms with Crippen LogP contribution in [0.15, 0.2) is 18.2 Å². The molecule has 1 aromatic rings. The number of hydrogen-bond donors (Lipinski definition) is 2. The van der Waals surface area contributed by atoms with Gasteiger partial charge in [-0.1, -0.05) is 0 Å². The Balaban J connectivity index is 2.99. The Labute approximate surface area is 90.1 Å². The summed E-state index contributed by atoms with van der Waals surface area (Å²) in [5.74, 6) is -0.889. The van der Waals surface area contributed by atoms with Gasteiger partial charge >= 0.3 is 5.97 Å². The van der Waals surface area contributed by atoms with Gasteiger partial charge in [0.15, 0.2) is 0 Å². The molecule has 0 aliphatic rings. The maximum absolute atomic E-state index is 10.7. The van der Waals surface area contributed by atoms with Crippen molar-refractivity contribution in [1.29, 1.82) is 0 Å². The Morgan fingerprint density at radius 1 is 1.33 bits per heavy atom. The molecule has 0 aliphatic heterocycles. The lowest BCUT2D eigenvalue weighted by molar-refractivity contribution is 0.0697. The molecule has 0 heterocycles. The summed E-state index contributed by atoms with van der Waals surface area (Å²) in [6.45, 7) is 8.10. The minimum Gasteiger partial charge on any atom is -0.478 e. The lowest BCUT2D eigenvalue weighted by Crippen LogP contribution is -2.26. The average molecular weight is 207 g/mol. The molecule has 3 heteroatoms. The Kier molecular flexibility index (Phi) is 3.03. The lowest BCUT2D eigenvalue weighted by atomic mass is 10.1. The van der Waals surface area contributed by atoms with E-state index in [-0.39, 0.29) is 5.54 Å². The highest BCUT2D eigenvalue weighted by atomic mass is 16.4. The predicted molar refractivity (Wildman–Crippen MR) is 61.5 cm³/mol. The van der Waals surface area contributed by atoms with Crippen molar-refractivity contribution < 1.29 is 9.90 Å². The summed E-state index contributed by atoms with van der Waals surface area (Å²) in [4.78, 5) is 10.7. The molecule has 0 unspecified atom stereocenters. The number of carbonyl (C=O) groups is 1. The fraction of sp³-hybridized carbons (Fsp3) is 0.417. The van der Waals surface area contributed by atoms with Gasteiger partial charge in [0.1, 0.15) is 0 Å². The van der Waals surface area contributed by atoms with Gasteiger partial charge in [-0.3, -0.25) is 0 Å². The summed E-state index contributed by atoms with van der Waals surface area (Å²) in [5, 5.41) is 12.1. The second kappa shape index (κ2) is 3.93. The van der Waals surface area contributed by atoms with Gasteiger partial charge in [-0.2, -0.15) is 0 Å². The monoisotopic (exact) mass is 207 g/mol. The first-order valence-electron chi connectivity index (χ1n) is 4.92. The number of hydrogen-bond acceptors (Lipinski definition) is 2. The Morgan fingerprint density at radius 2 is 1.93 bits per heavy atom. The Hall–Kier alpha value is -1.51. The van der Waals surface area contributed by atoms with Crippen molar-refractivity contribution in [3.63, 3.8) is 0 Å². The molecule has 0 radical (unpaired) electrons. The van der Waals surface area contributed by atoms with Gasteiger partial charge in [-0.25, -0.2) is 4.79 Å². The van der Waals surface area contributed by atoms with E-state index in [9.17, 15) is 4.79 Å². The third kappa shape index (κ3) is 3.27. The molecule has 15 heavy (non-hydrogen) atoms. The Morgan fingerprint density at radius 3 is 2.33 bits per heavy atom. The van der Waals surface area contributed by atoms with Crippen molar-refractivity contribution in [3.8, 4) is 0 Å². The van der Waals surface area contributed by atoms with E-state index in [1.807, 2.05) is 13.0 Å². The van der Waals surface area contributed by atoms with Crippen molar-refractivity contribution >= 4 is 11.7 Å². The quantitative estimate of drug-likeness (QED) is 0.784. The third-order valence-corrected chi connectivity index (χ3v) is 1.98. The molecule has 1 aromatic carbocycles. The van der Waals surface area contributed by atoms with Crippen LogP contribution in [-0.4, -0.2) is 16.6 Å². The summed E-state index contributed by atoms with van der Waals surface area (Å²) >= 11 is 0. The zero-order valence-corrected chi connectivity index (χ0v) is 9.59. The molecular weight excluding hydrogens is 190 g/mol. The number of rotatable bonds is 2. The molecular formula is C12H17NO2. The van der Waals surface area contributed by atoms with Crippen LogP contribution < -0.4 is 5.32 Å². The smallest absolute Gasteiger partial charge is 0.335 e. The van der Waals surface area contributed by atoms with Crippen LogP contribution in [0.25, 0.3) is 0 Å². The van der Waals surface area contributed by atoms with Crippen molar-refractivity contribution in [2.24, 2.45) is 0 Å². The molecule has 0 aliphatic carbocycles. The van der Waals surface area contributed by atoms with Gasteiger partial charge in [0.2, 0.25) is 0 Å². The highest BCUT2D eigenvalue weighted by Gasteiger charge is 2.12. The van der Waals surface area contributed by atoms with E-state index in [1.54, 1.807) is 12.1 Å². The van der Waals surface area contributed by atoms with Crippen LogP contribution >= 0.6 is 0 Å². The van der Waals surface area contributed by atoms with Gasteiger partial charge < -0.3 is 10.4 Å². The number of carboxylic acid groups (broad SMARTS) is 1. The van der Waals surface area contributed by atoms with Crippen molar-refractivity contribution in [3.05, 3.63) is 29.3 Å². The highest BCUT2D eigenvalue weighted by molar-refractivity contribution is 5.88. The SMILES string of the molecule is Cc1cc(C(=O)O)ccc1NC(C)(C)C. The first kappa shape index (κ1) is 11.6. The van der Waals surface area contributed by atoms with E-state index >= 15 is 0 Å². The number of aryl methyl sites for hydroxylation is 1. The van der Waals surface area contributed by atoms with Crippen LogP contribution in [0.2, 0.25) is 0 Å². The number of carboxylic acids is 1. The first-order chi connectivity index (χ1) is 6.79. The standard InChI is InChI=1S/C12H17NO2/c1-8-7-9(11(14)15)5-6-10(8)13-12(2,3)4/h5-7,13H,1-4H3,(H,14,15). The number of nitrogens with one attached hydrogen (secondary N) is 1. The molecule has 0 bridgehead atoms. The normalized spacial score (nSPS) is 11.2. The minimum atomic E-state index is -0.889. The van der Waals surface area contributed by atoms with E-state index in [2.05, 4.69) is 26.1 Å². The minimum absolute atomic E-state index is 0.0184. The number of benzene rings is 1. The number of aromatic carboxylic acids is 1. The summed E-state index contributed by atoms with van der Waals surface area (Å²) in [5.41, 5.74) is 2.24. The highest BCUT2D eigenvalue weighted by Crippen LogP contribution is 2.20. The molecule has 0 aromatic heterocycles. The maximum Gasteiger partial charge on any atom is 0.335 e. The molecule has 0 fully saturated rings. The molecule has 0 atom stereocenters. The van der Waals surface area contributed by atoms with E-state index < -0.39 is 5.97 Å². The molecule has 3 nitrogen and oxygen atoms in total.